The summed E-state index contributed by atoms with van der Waals surface area (Å²) in [7, 11) is 1.94. The van der Waals surface area contributed by atoms with Crippen molar-refractivity contribution >= 4 is 24.0 Å². The van der Waals surface area contributed by atoms with E-state index in [-0.39, 0.29) is 29.6 Å². The maximum atomic E-state index is 13.1. The van der Waals surface area contributed by atoms with Gasteiger partial charge in [0.05, 0.1) is 10.5 Å². The molecular formula is C21H26ClN3O4. The topological polar surface area (TPSA) is 84.7 Å². The average Bonchev–Trinajstić information content (AvgIpc) is 2.73. The molecule has 0 aliphatic carbocycles. The number of hydrogen-bond acceptors (Lipinski definition) is 5. The van der Waals surface area contributed by atoms with Gasteiger partial charge in [0.2, 0.25) is 0 Å². The number of nitro groups is 1. The second-order valence-corrected chi connectivity index (χ2v) is 6.98. The van der Waals surface area contributed by atoms with Gasteiger partial charge in [-0.3, -0.25) is 14.9 Å². The molecule has 0 spiro atoms. The Kier molecular flexibility index (Phi) is 8.42. The monoisotopic (exact) mass is 419 g/mol. The zero-order chi connectivity index (χ0) is 19.9. The minimum atomic E-state index is -0.493. The van der Waals surface area contributed by atoms with Crippen molar-refractivity contribution in [3.63, 3.8) is 0 Å². The summed E-state index contributed by atoms with van der Waals surface area (Å²) in [6.07, 6.45) is 2.98. The molecule has 1 aliphatic rings. The largest absolute Gasteiger partial charge is 0.457 e. The number of carbonyl (C=O) groups excluding carboxylic acids is 1. The second-order valence-electron chi connectivity index (χ2n) is 6.98. The minimum absolute atomic E-state index is 0. The highest BCUT2D eigenvalue weighted by atomic mass is 35.5. The number of hydrogen-bond donors (Lipinski definition) is 1. The van der Waals surface area contributed by atoms with Crippen LogP contribution in [0.1, 0.15) is 29.6 Å². The van der Waals surface area contributed by atoms with Crippen LogP contribution in [-0.4, -0.2) is 42.4 Å². The van der Waals surface area contributed by atoms with Crippen LogP contribution in [0.15, 0.2) is 48.5 Å². The first-order chi connectivity index (χ1) is 13.6. The van der Waals surface area contributed by atoms with E-state index in [0.717, 1.165) is 25.8 Å². The number of nitro benzene ring substituents is 1. The molecule has 0 atom stereocenters. The Morgan fingerprint density at radius 1 is 1.21 bits per heavy atom. The molecule has 29 heavy (non-hydrogen) atoms. The third kappa shape index (κ3) is 5.92. The van der Waals surface area contributed by atoms with Gasteiger partial charge in [-0.1, -0.05) is 18.2 Å². The van der Waals surface area contributed by atoms with E-state index < -0.39 is 4.92 Å². The van der Waals surface area contributed by atoms with Gasteiger partial charge in [-0.15, -0.1) is 12.4 Å². The summed E-state index contributed by atoms with van der Waals surface area (Å²) >= 11 is 0. The maximum Gasteiger partial charge on any atom is 0.270 e. The Morgan fingerprint density at radius 3 is 2.52 bits per heavy atom. The van der Waals surface area contributed by atoms with E-state index in [0.29, 0.717) is 30.5 Å². The number of non-ortho nitro benzene ring substituents is 1. The number of halogens is 1. The lowest BCUT2D eigenvalue weighted by atomic mass is 9.93. The number of benzene rings is 2. The summed E-state index contributed by atoms with van der Waals surface area (Å²) in [6, 6.07) is 13.3. The van der Waals surface area contributed by atoms with Gasteiger partial charge in [0, 0.05) is 25.2 Å². The normalized spacial score (nSPS) is 14.2. The van der Waals surface area contributed by atoms with Gasteiger partial charge >= 0.3 is 0 Å². The second kappa shape index (κ2) is 10.8. The Morgan fingerprint density at radius 2 is 1.90 bits per heavy atom. The molecule has 0 bridgehead atoms. The molecule has 8 heteroatoms. The fraction of sp³-hybridized carbons (Fsp3) is 0.381. The van der Waals surface area contributed by atoms with Crippen molar-refractivity contribution in [2.45, 2.75) is 19.3 Å². The molecule has 0 unspecified atom stereocenters. The first-order valence-corrected chi connectivity index (χ1v) is 9.53. The van der Waals surface area contributed by atoms with E-state index in [1.807, 2.05) is 25.2 Å². The first kappa shape index (κ1) is 22.6. The number of rotatable bonds is 7. The lowest BCUT2D eigenvalue weighted by molar-refractivity contribution is -0.384. The molecule has 0 saturated carbocycles. The summed E-state index contributed by atoms with van der Waals surface area (Å²) in [5.74, 6) is 1.29. The Balaban J connectivity index is 0.00000300. The van der Waals surface area contributed by atoms with Crippen LogP contribution in [-0.2, 0) is 0 Å². The number of amides is 1. The van der Waals surface area contributed by atoms with Gasteiger partial charge in [0.15, 0.2) is 0 Å². The summed E-state index contributed by atoms with van der Waals surface area (Å²) in [6.45, 7) is 2.28. The quantitative estimate of drug-likeness (QED) is 0.535. The van der Waals surface area contributed by atoms with Gasteiger partial charge in [0.1, 0.15) is 11.5 Å². The van der Waals surface area contributed by atoms with Crippen molar-refractivity contribution in [1.82, 2.24) is 10.2 Å². The van der Waals surface area contributed by atoms with E-state index in [9.17, 15) is 14.9 Å². The van der Waals surface area contributed by atoms with Crippen LogP contribution >= 0.6 is 12.4 Å². The molecule has 7 nitrogen and oxygen atoms in total. The molecule has 156 valence electrons. The predicted octanol–water partition coefficient (Wildman–Crippen LogP) is 4.27. The van der Waals surface area contributed by atoms with Crippen molar-refractivity contribution in [2.75, 3.05) is 26.7 Å². The summed E-state index contributed by atoms with van der Waals surface area (Å²) < 4.78 is 5.85. The van der Waals surface area contributed by atoms with Crippen LogP contribution in [0.4, 0.5) is 5.69 Å². The predicted molar refractivity (Wildman–Crippen MR) is 114 cm³/mol. The third-order valence-electron chi connectivity index (χ3n) is 5.08. The summed E-state index contributed by atoms with van der Waals surface area (Å²) in [5.41, 5.74) is 0.111. The third-order valence-corrected chi connectivity index (χ3v) is 5.08. The Bertz CT molecular complexity index is 824. The SMILES string of the molecule is CNCCC1CCN(C(=O)c2cc([N+](=O)[O-])ccc2Oc2ccccc2)CC1.Cl. The molecule has 1 saturated heterocycles. The molecule has 1 amide bonds. The zero-order valence-corrected chi connectivity index (χ0v) is 17.2. The lowest BCUT2D eigenvalue weighted by Gasteiger charge is -2.32. The van der Waals surface area contributed by atoms with Gasteiger partial charge in [-0.05, 0) is 57.0 Å². The number of para-hydroxylation sites is 1. The van der Waals surface area contributed by atoms with Crippen LogP contribution in [0.2, 0.25) is 0 Å². The number of carbonyl (C=O) groups is 1. The highest BCUT2D eigenvalue weighted by Gasteiger charge is 2.27. The molecule has 0 radical (unpaired) electrons. The first-order valence-electron chi connectivity index (χ1n) is 9.53. The summed E-state index contributed by atoms with van der Waals surface area (Å²) in [5, 5.41) is 14.4. The van der Waals surface area contributed by atoms with E-state index >= 15 is 0 Å². The average molecular weight is 420 g/mol. The van der Waals surface area contributed by atoms with Crippen LogP contribution in [0.5, 0.6) is 11.5 Å². The molecule has 1 heterocycles. The van der Waals surface area contributed by atoms with Crippen LogP contribution in [0.3, 0.4) is 0 Å². The van der Waals surface area contributed by atoms with Crippen LogP contribution in [0.25, 0.3) is 0 Å². The highest BCUT2D eigenvalue weighted by Crippen LogP contribution is 2.31. The molecular weight excluding hydrogens is 394 g/mol. The fourth-order valence-electron chi connectivity index (χ4n) is 3.45. The fourth-order valence-corrected chi connectivity index (χ4v) is 3.45. The number of nitrogens with zero attached hydrogens (tertiary/aromatic N) is 2. The van der Waals surface area contributed by atoms with Gasteiger partial charge in [0.25, 0.3) is 11.6 Å². The lowest BCUT2D eigenvalue weighted by Crippen LogP contribution is -2.39. The molecule has 3 rings (SSSR count). The van der Waals surface area contributed by atoms with E-state index in [2.05, 4.69) is 5.32 Å². The zero-order valence-electron chi connectivity index (χ0n) is 16.4. The summed E-state index contributed by atoms with van der Waals surface area (Å²) in [4.78, 5) is 25.6. The maximum absolute atomic E-state index is 13.1. The van der Waals surface area contributed by atoms with Crippen molar-refractivity contribution in [3.05, 3.63) is 64.2 Å². The number of piperidine rings is 1. The van der Waals surface area contributed by atoms with Crippen molar-refractivity contribution in [2.24, 2.45) is 5.92 Å². The molecule has 1 fully saturated rings. The van der Waals surface area contributed by atoms with Gasteiger partial charge in [-0.2, -0.15) is 0 Å². The number of nitrogens with one attached hydrogen (secondary N) is 1. The Labute approximate surface area is 176 Å². The van der Waals surface area contributed by atoms with Crippen LogP contribution in [0, 0.1) is 16.0 Å². The van der Waals surface area contributed by atoms with E-state index in [1.54, 1.807) is 17.0 Å². The molecule has 1 N–H and O–H groups in total. The van der Waals surface area contributed by atoms with Gasteiger partial charge in [-0.25, -0.2) is 0 Å². The molecule has 2 aromatic rings. The van der Waals surface area contributed by atoms with Crippen LogP contribution < -0.4 is 10.1 Å². The van der Waals surface area contributed by atoms with E-state index in [1.165, 1.54) is 18.2 Å². The van der Waals surface area contributed by atoms with Crippen molar-refractivity contribution < 1.29 is 14.5 Å². The molecule has 1 aliphatic heterocycles. The highest BCUT2D eigenvalue weighted by molar-refractivity contribution is 5.97. The van der Waals surface area contributed by atoms with Crippen molar-refractivity contribution in [3.8, 4) is 11.5 Å². The van der Waals surface area contributed by atoms with Crippen molar-refractivity contribution in [1.29, 1.82) is 0 Å². The van der Waals surface area contributed by atoms with Gasteiger partial charge < -0.3 is 15.0 Å². The number of likely N-dealkylation sites (tertiary alicyclic amines) is 1. The molecule has 0 aromatic heterocycles. The minimum Gasteiger partial charge on any atom is -0.457 e. The molecule has 2 aromatic carbocycles. The van der Waals surface area contributed by atoms with E-state index in [4.69, 9.17) is 4.74 Å². The Hall–Kier alpha value is -2.64. The number of ether oxygens (including phenoxy) is 1. The standard InChI is InChI=1S/C21H25N3O4.ClH/c1-22-12-9-16-10-13-23(14-11-16)21(25)19-15-17(24(26)27)7-8-20(19)28-18-5-3-2-4-6-18;/h2-8,15-16,22H,9-14H2,1H3;1H. The smallest absolute Gasteiger partial charge is 0.270 e.